The van der Waals surface area contributed by atoms with E-state index in [0.29, 0.717) is 5.69 Å². The lowest BCUT2D eigenvalue weighted by Gasteiger charge is -2.35. The minimum Gasteiger partial charge on any atom is -0.342 e. The number of rotatable bonds is 3. The van der Waals surface area contributed by atoms with Crippen LogP contribution in [0.4, 0.5) is 5.69 Å². The molecule has 5 rings (SSSR count). The molecule has 2 heterocycles. The number of allylic oxidation sites excluding steroid dienone is 1. The molecule has 0 fully saturated rings. The number of benzene rings is 2. The number of hydrogen-bond acceptors (Lipinski definition) is 2. The molecule has 1 N–H and O–H groups in total. The molecule has 1 aliphatic carbocycles. The average molecular weight is 427 g/mol. The fourth-order valence-electron chi connectivity index (χ4n) is 5.13. The van der Waals surface area contributed by atoms with Crippen molar-refractivity contribution >= 4 is 22.5 Å². The second-order valence-corrected chi connectivity index (χ2v) is 9.17. The van der Waals surface area contributed by atoms with E-state index in [1.165, 1.54) is 33.6 Å². The van der Waals surface area contributed by atoms with Crippen LogP contribution in [0.25, 0.3) is 38.5 Å². The van der Waals surface area contributed by atoms with Crippen molar-refractivity contribution in [3.8, 4) is 11.3 Å². The van der Waals surface area contributed by atoms with Crippen LogP contribution in [-0.2, 0) is 13.0 Å². The van der Waals surface area contributed by atoms with Gasteiger partial charge in [0.25, 0.3) is 0 Å². The van der Waals surface area contributed by atoms with Gasteiger partial charge in [0.2, 0.25) is 11.4 Å². The van der Waals surface area contributed by atoms with Gasteiger partial charge in [0, 0.05) is 33.5 Å². The summed E-state index contributed by atoms with van der Waals surface area (Å²) in [6.45, 7) is 6.46. The van der Waals surface area contributed by atoms with Crippen LogP contribution in [-0.4, -0.2) is 31.3 Å². The van der Waals surface area contributed by atoms with Crippen molar-refractivity contribution in [2.75, 3.05) is 26.8 Å². The molecule has 1 aliphatic heterocycles. The fourth-order valence-corrected chi connectivity index (χ4v) is 5.13. The summed E-state index contributed by atoms with van der Waals surface area (Å²) in [6, 6.07) is 16.8. The van der Waals surface area contributed by atoms with Gasteiger partial charge in [-0.25, -0.2) is 0 Å². The van der Waals surface area contributed by atoms with Gasteiger partial charge in [-0.1, -0.05) is 35.4 Å². The average Bonchev–Trinajstić information content (AvgIpc) is 2.83. The van der Waals surface area contributed by atoms with Crippen LogP contribution >= 0.6 is 0 Å². The van der Waals surface area contributed by atoms with Crippen LogP contribution in [0.5, 0.6) is 0 Å². The molecule has 0 saturated carbocycles. The molecule has 0 radical (unpaired) electrons. The van der Waals surface area contributed by atoms with Crippen molar-refractivity contribution in [2.45, 2.75) is 32.7 Å². The maximum Gasteiger partial charge on any atom is 0.220 e. The van der Waals surface area contributed by atoms with E-state index in [-0.39, 0.29) is 0 Å². The van der Waals surface area contributed by atoms with Gasteiger partial charge in [-0.2, -0.15) is 4.57 Å². The molecule has 0 spiro atoms. The Morgan fingerprint density at radius 3 is 2.75 bits per heavy atom. The number of hydrogen-bond donors (Lipinski definition) is 1. The van der Waals surface area contributed by atoms with E-state index in [1.807, 2.05) is 6.07 Å². The zero-order valence-electron chi connectivity index (χ0n) is 18.9. The number of pyridine rings is 1. The minimum atomic E-state index is 0.661. The second kappa shape index (κ2) is 8.30. The molecule has 162 valence electrons. The quantitative estimate of drug-likeness (QED) is 0.196. The van der Waals surface area contributed by atoms with Crippen molar-refractivity contribution in [3.63, 3.8) is 0 Å². The van der Waals surface area contributed by atoms with Crippen LogP contribution < -0.4 is 9.88 Å². The lowest BCUT2D eigenvalue weighted by molar-refractivity contribution is -0.912. The van der Waals surface area contributed by atoms with E-state index >= 15 is 0 Å². The normalized spacial score (nSPS) is 20.1. The third kappa shape index (κ3) is 3.62. The summed E-state index contributed by atoms with van der Waals surface area (Å²) in [6.07, 6.45) is 5.51. The first-order valence-corrected chi connectivity index (χ1v) is 11.5. The van der Waals surface area contributed by atoms with E-state index in [2.05, 4.69) is 82.4 Å². The van der Waals surface area contributed by atoms with Crippen LogP contribution in [0, 0.1) is 0 Å². The number of fused-ring (bicyclic) bond motifs is 2. The van der Waals surface area contributed by atoms with Gasteiger partial charge in [-0.05, 0) is 48.9 Å². The molecule has 2 aromatic carbocycles. The Kier molecular flexibility index (Phi) is 5.33. The molecular weight excluding hydrogens is 396 g/mol. The highest BCUT2D eigenvalue weighted by atomic mass is 15.4. The maximum absolute atomic E-state index is 9.01. The number of aromatic nitrogens is 1. The largest absolute Gasteiger partial charge is 0.342 e. The number of quaternary nitrogens is 1. The topological polar surface area (TPSA) is 64.7 Å². The maximum atomic E-state index is 9.01. The van der Waals surface area contributed by atoms with Crippen LogP contribution in [0.2, 0.25) is 0 Å². The summed E-state index contributed by atoms with van der Waals surface area (Å²) in [5.74, 6) is 0. The lowest BCUT2D eigenvalue weighted by atomic mass is 9.90. The molecular formula is C26H30N6+2. The van der Waals surface area contributed by atoms with E-state index in [9.17, 15) is 0 Å². The SMILES string of the molecule is CC[N+]1(C)CCC[n+]2c3c(c4ccc(N=[N+]=[N-])cc4c2-c2ccccc2)CCC(=C3)NC1. The second-order valence-electron chi connectivity index (χ2n) is 9.17. The molecule has 0 amide bonds. The Bertz CT molecular complexity index is 1260. The number of nitrogens with zero attached hydrogens (tertiary/aromatic N) is 5. The molecule has 6 heteroatoms. The Labute approximate surface area is 189 Å². The molecule has 3 aromatic rings. The zero-order chi connectivity index (χ0) is 22.1. The third-order valence-electron chi connectivity index (χ3n) is 7.15. The smallest absolute Gasteiger partial charge is 0.220 e. The Morgan fingerprint density at radius 2 is 1.97 bits per heavy atom. The van der Waals surface area contributed by atoms with Gasteiger partial charge in [0.1, 0.15) is 0 Å². The fraction of sp³-hybridized carbons (Fsp3) is 0.346. The zero-order valence-corrected chi connectivity index (χ0v) is 18.9. The Morgan fingerprint density at radius 1 is 1.12 bits per heavy atom. The minimum absolute atomic E-state index is 0.661. The van der Waals surface area contributed by atoms with E-state index < -0.39 is 0 Å². The molecule has 2 aliphatic rings. The van der Waals surface area contributed by atoms with Crippen molar-refractivity contribution in [3.05, 3.63) is 75.9 Å². The summed E-state index contributed by atoms with van der Waals surface area (Å²) in [7, 11) is 2.35. The van der Waals surface area contributed by atoms with Gasteiger partial charge in [0.15, 0.2) is 13.2 Å². The molecule has 1 atom stereocenters. The van der Waals surface area contributed by atoms with Crippen LogP contribution in [0.3, 0.4) is 0 Å². The summed E-state index contributed by atoms with van der Waals surface area (Å²) in [5.41, 5.74) is 16.1. The van der Waals surface area contributed by atoms with E-state index in [1.54, 1.807) is 0 Å². The third-order valence-corrected chi connectivity index (χ3v) is 7.15. The number of azide groups is 1. The first kappa shape index (κ1) is 20.6. The monoisotopic (exact) mass is 426 g/mol. The molecule has 1 unspecified atom stereocenters. The predicted molar refractivity (Wildman–Crippen MR) is 129 cm³/mol. The van der Waals surface area contributed by atoms with E-state index in [0.717, 1.165) is 55.4 Å². The van der Waals surface area contributed by atoms with Gasteiger partial charge < -0.3 is 9.80 Å². The van der Waals surface area contributed by atoms with Crippen LogP contribution in [0.1, 0.15) is 31.0 Å². The van der Waals surface area contributed by atoms with Crippen molar-refractivity contribution in [1.29, 1.82) is 0 Å². The van der Waals surface area contributed by atoms with Gasteiger partial charge in [-0.3, -0.25) is 0 Å². The molecule has 6 nitrogen and oxygen atoms in total. The Hall–Kier alpha value is -3.34. The number of nitrogens with one attached hydrogen (secondary N) is 1. The highest BCUT2D eigenvalue weighted by Gasteiger charge is 2.31. The first-order chi connectivity index (χ1) is 15.6. The Balaban J connectivity index is 1.82. The molecule has 1 aromatic heterocycles. The summed E-state index contributed by atoms with van der Waals surface area (Å²) < 4.78 is 3.54. The number of aryl methyl sites for hydroxylation is 1. The van der Waals surface area contributed by atoms with E-state index in [4.69, 9.17) is 5.53 Å². The van der Waals surface area contributed by atoms with Gasteiger partial charge in [0.05, 0.1) is 31.9 Å². The standard InChI is InChI=1S/C26H29N6/c1-3-32(2)15-7-14-31-25-17-20(28-18-32)10-13-23(25)22-12-11-21(29-30-27)16-24(22)26(31)19-8-5-4-6-9-19/h4-6,8-9,11-12,16-17H,3,7,10,13-15,18H2,1-2H3/q+1/p+1. The lowest BCUT2D eigenvalue weighted by Crippen LogP contribution is -2.53. The molecule has 0 saturated heterocycles. The molecule has 32 heavy (non-hydrogen) atoms. The van der Waals surface area contributed by atoms with Crippen molar-refractivity contribution in [1.82, 2.24) is 5.32 Å². The van der Waals surface area contributed by atoms with Gasteiger partial charge in [-0.15, -0.1) is 0 Å². The van der Waals surface area contributed by atoms with Crippen LogP contribution in [0.15, 0.2) is 59.3 Å². The first-order valence-electron chi connectivity index (χ1n) is 11.5. The summed E-state index contributed by atoms with van der Waals surface area (Å²) >= 11 is 0. The highest BCUT2D eigenvalue weighted by molar-refractivity contribution is 5.98. The van der Waals surface area contributed by atoms with Crippen molar-refractivity contribution < 1.29 is 9.05 Å². The highest BCUT2D eigenvalue weighted by Crippen LogP contribution is 2.36. The van der Waals surface area contributed by atoms with Crippen molar-refractivity contribution in [2.24, 2.45) is 5.11 Å². The van der Waals surface area contributed by atoms with Gasteiger partial charge >= 0.3 is 0 Å². The predicted octanol–water partition coefficient (Wildman–Crippen LogP) is 5.44. The summed E-state index contributed by atoms with van der Waals surface area (Å²) in [4.78, 5) is 3.03. The molecule has 2 bridgehead atoms. The summed E-state index contributed by atoms with van der Waals surface area (Å²) in [5, 5.41) is 10.1.